The van der Waals surface area contributed by atoms with Crippen LogP contribution in [0.15, 0.2) is 6.33 Å². The van der Waals surface area contributed by atoms with E-state index in [0.29, 0.717) is 12.5 Å². The number of anilines is 1. The minimum Gasteiger partial charge on any atom is -0.478 e. The summed E-state index contributed by atoms with van der Waals surface area (Å²) in [6, 6.07) is 0. The molecule has 1 saturated carbocycles. The minimum atomic E-state index is 0.636. The first-order valence-electron chi connectivity index (χ1n) is 6.89. The number of hydrogen-bond acceptors (Lipinski definition) is 4. The Morgan fingerprint density at radius 2 is 2.22 bits per heavy atom. The Bertz CT molecular complexity index is 395. The Labute approximate surface area is 109 Å². The summed E-state index contributed by atoms with van der Waals surface area (Å²) >= 11 is 0. The summed E-state index contributed by atoms with van der Waals surface area (Å²) in [7, 11) is 0. The molecule has 1 N–H and O–H groups in total. The fraction of sp³-hybridized carbons (Fsp3) is 0.714. The second-order valence-electron chi connectivity index (χ2n) is 5.25. The van der Waals surface area contributed by atoms with Gasteiger partial charge in [0.05, 0.1) is 12.2 Å². The smallest absolute Gasteiger partial charge is 0.221 e. The second kappa shape index (κ2) is 6.03. The Hall–Kier alpha value is -1.32. The van der Waals surface area contributed by atoms with Crippen molar-refractivity contribution in [2.24, 2.45) is 11.8 Å². The maximum absolute atomic E-state index is 5.48. The quantitative estimate of drug-likeness (QED) is 0.871. The van der Waals surface area contributed by atoms with Crippen molar-refractivity contribution in [1.29, 1.82) is 0 Å². The van der Waals surface area contributed by atoms with Gasteiger partial charge in [-0.15, -0.1) is 0 Å². The molecule has 0 aliphatic heterocycles. The van der Waals surface area contributed by atoms with E-state index in [1.54, 1.807) is 6.33 Å². The van der Waals surface area contributed by atoms with Crippen molar-refractivity contribution in [3.63, 3.8) is 0 Å². The molecule has 1 aliphatic carbocycles. The van der Waals surface area contributed by atoms with Crippen LogP contribution in [-0.2, 0) is 0 Å². The highest BCUT2D eigenvalue weighted by atomic mass is 16.5. The van der Waals surface area contributed by atoms with E-state index in [0.717, 1.165) is 29.8 Å². The first kappa shape index (κ1) is 13.1. The predicted octanol–water partition coefficient (Wildman–Crippen LogP) is 3.03. The lowest BCUT2D eigenvalue weighted by atomic mass is 10.1. The summed E-state index contributed by atoms with van der Waals surface area (Å²) in [5, 5.41) is 3.44. The summed E-state index contributed by atoms with van der Waals surface area (Å²) in [5.41, 5.74) is 1.00. The van der Waals surface area contributed by atoms with Crippen LogP contribution in [0.5, 0.6) is 5.88 Å². The van der Waals surface area contributed by atoms with Crippen LogP contribution in [0.3, 0.4) is 0 Å². The van der Waals surface area contributed by atoms with Crippen molar-refractivity contribution in [2.45, 2.75) is 40.0 Å². The van der Waals surface area contributed by atoms with Crippen molar-refractivity contribution in [1.82, 2.24) is 9.97 Å². The average Bonchev–Trinajstić information content (AvgIpc) is 2.77. The summed E-state index contributed by atoms with van der Waals surface area (Å²) in [4.78, 5) is 8.45. The monoisotopic (exact) mass is 249 g/mol. The molecule has 0 aromatic carbocycles. The molecule has 1 heterocycles. The summed E-state index contributed by atoms with van der Waals surface area (Å²) in [6.07, 6.45) is 5.59. The van der Waals surface area contributed by atoms with E-state index in [-0.39, 0.29) is 0 Å². The minimum absolute atomic E-state index is 0.636. The van der Waals surface area contributed by atoms with E-state index in [9.17, 15) is 0 Å². The van der Waals surface area contributed by atoms with Crippen LogP contribution >= 0.6 is 0 Å². The van der Waals surface area contributed by atoms with Gasteiger partial charge in [0.1, 0.15) is 12.1 Å². The Morgan fingerprint density at radius 1 is 1.39 bits per heavy atom. The SMILES string of the molecule is CCOc1ncnc(NCC2CCC(C)C2)c1C. The van der Waals surface area contributed by atoms with Crippen LogP contribution in [0.2, 0.25) is 0 Å². The van der Waals surface area contributed by atoms with Gasteiger partial charge in [-0.05, 0) is 38.5 Å². The van der Waals surface area contributed by atoms with E-state index >= 15 is 0 Å². The average molecular weight is 249 g/mol. The highest BCUT2D eigenvalue weighted by molar-refractivity contribution is 5.47. The van der Waals surface area contributed by atoms with Gasteiger partial charge >= 0.3 is 0 Å². The molecule has 1 aromatic rings. The Morgan fingerprint density at radius 3 is 2.89 bits per heavy atom. The van der Waals surface area contributed by atoms with E-state index in [1.165, 1.54) is 19.3 Å². The summed E-state index contributed by atoms with van der Waals surface area (Å²) in [6.45, 7) is 7.95. The zero-order chi connectivity index (χ0) is 13.0. The molecule has 2 rings (SSSR count). The number of nitrogens with zero attached hydrogens (tertiary/aromatic N) is 2. The number of nitrogens with one attached hydrogen (secondary N) is 1. The maximum Gasteiger partial charge on any atom is 0.221 e. The maximum atomic E-state index is 5.48. The zero-order valence-electron chi connectivity index (χ0n) is 11.6. The lowest BCUT2D eigenvalue weighted by Gasteiger charge is -2.14. The standard InChI is InChI=1S/C14H23N3O/c1-4-18-14-11(3)13(16-9-17-14)15-8-12-6-5-10(2)7-12/h9-10,12H,4-8H2,1-3H3,(H,15,16,17). The Kier molecular flexibility index (Phi) is 4.39. The summed E-state index contributed by atoms with van der Waals surface area (Å²) < 4.78 is 5.48. The largest absolute Gasteiger partial charge is 0.478 e. The lowest BCUT2D eigenvalue weighted by molar-refractivity contribution is 0.324. The van der Waals surface area contributed by atoms with Gasteiger partial charge in [0.25, 0.3) is 0 Å². The van der Waals surface area contributed by atoms with E-state index in [4.69, 9.17) is 4.74 Å². The van der Waals surface area contributed by atoms with Gasteiger partial charge in [0.2, 0.25) is 5.88 Å². The molecule has 1 fully saturated rings. The molecule has 2 unspecified atom stereocenters. The number of rotatable bonds is 5. The topological polar surface area (TPSA) is 47.0 Å². The van der Waals surface area contributed by atoms with Gasteiger partial charge in [-0.3, -0.25) is 0 Å². The lowest BCUT2D eigenvalue weighted by Crippen LogP contribution is -2.14. The van der Waals surface area contributed by atoms with Crippen LogP contribution in [0.25, 0.3) is 0 Å². The zero-order valence-corrected chi connectivity index (χ0v) is 11.6. The predicted molar refractivity (Wildman–Crippen MR) is 72.9 cm³/mol. The molecule has 0 radical (unpaired) electrons. The number of ether oxygens (including phenoxy) is 1. The first-order chi connectivity index (χ1) is 8.70. The van der Waals surface area contributed by atoms with Crippen LogP contribution in [0.1, 0.15) is 38.7 Å². The van der Waals surface area contributed by atoms with Gasteiger partial charge in [0, 0.05) is 6.54 Å². The molecule has 1 aliphatic rings. The number of hydrogen-bond donors (Lipinski definition) is 1. The molecular weight excluding hydrogens is 226 g/mol. The molecule has 18 heavy (non-hydrogen) atoms. The first-order valence-corrected chi connectivity index (χ1v) is 6.89. The molecule has 1 aromatic heterocycles. The third-order valence-corrected chi connectivity index (χ3v) is 3.68. The molecular formula is C14H23N3O. The van der Waals surface area contributed by atoms with E-state index in [1.807, 2.05) is 13.8 Å². The fourth-order valence-corrected chi connectivity index (χ4v) is 2.65. The molecule has 0 spiro atoms. The molecule has 0 amide bonds. The molecule has 0 bridgehead atoms. The van der Waals surface area contributed by atoms with Crippen molar-refractivity contribution >= 4 is 5.82 Å². The molecule has 4 heteroatoms. The van der Waals surface area contributed by atoms with Crippen LogP contribution in [0.4, 0.5) is 5.82 Å². The summed E-state index contributed by atoms with van der Waals surface area (Å²) in [5.74, 6) is 3.26. The highest BCUT2D eigenvalue weighted by Gasteiger charge is 2.21. The highest BCUT2D eigenvalue weighted by Crippen LogP contribution is 2.30. The van der Waals surface area contributed by atoms with Crippen molar-refractivity contribution in [3.8, 4) is 5.88 Å². The van der Waals surface area contributed by atoms with Gasteiger partial charge in [0.15, 0.2) is 0 Å². The van der Waals surface area contributed by atoms with Crippen LogP contribution in [-0.4, -0.2) is 23.1 Å². The van der Waals surface area contributed by atoms with Crippen LogP contribution in [0, 0.1) is 18.8 Å². The van der Waals surface area contributed by atoms with Crippen molar-refractivity contribution < 1.29 is 4.74 Å². The Balaban J connectivity index is 1.94. The third kappa shape index (κ3) is 3.12. The van der Waals surface area contributed by atoms with Gasteiger partial charge in [-0.25, -0.2) is 9.97 Å². The molecule has 100 valence electrons. The van der Waals surface area contributed by atoms with Gasteiger partial charge < -0.3 is 10.1 Å². The number of aromatic nitrogens is 2. The van der Waals surface area contributed by atoms with Crippen molar-refractivity contribution in [2.75, 3.05) is 18.5 Å². The normalized spacial score (nSPS) is 23.1. The van der Waals surface area contributed by atoms with Crippen molar-refractivity contribution in [3.05, 3.63) is 11.9 Å². The molecule has 2 atom stereocenters. The van der Waals surface area contributed by atoms with Crippen LogP contribution < -0.4 is 10.1 Å². The van der Waals surface area contributed by atoms with E-state index in [2.05, 4.69) is 22.2 Å². The molecule has 4 nitrogen and oxygen atoms in total. The van der Waals surface area contributed by atoms with E-state index < -0.39 is 0 Å². The van der Waals surface area contributed by atoms with Gasteiger partial charge in [-0.1, -0.05) is 13.3 Å². The van der Waals surface area contributed by atoms with Gasteiger partial charge in [-0.2, -0.15) is 0 Å². The third-order valence-electron chi connectivity index (χ3n) is 3.68. The fourth-order valence-electron chi connectivity index (χ4n) is 2.65. The second-order valence-corrected chi connectivity index (χ2v) is 5.25. The molecule has 0 saturated heterocycles.